The van der Waals surface area contributed by atoms with Gasteiger partial charge in [-0.25, -0.2) is 0 Å². The quantitative estimate of drug-likeness (QED) is 0.882. The molecule has 1 unspecified atom stereocenters. The van der Waals surface area contributed by atoms with Crippen LogP contribution in [-0.2, 0) is 16.0 Å². The highest BCUT2D eigenvalue weighted by molar-refractivity contribution is 6.03. The minimum atomic E-state index is -0.865. The first-order valence-electron chi connectivity index (χ1n) is 6.38. The van der Waals surface area contributed by atoms with Crippen molar-refractivity contribution in [3.05, 3.63) is 35.4 Å². The minimum Gasteiger partial charge on any atom is -0.493 e. The summed E-state index contributed by atoms with van der Waals surface area (Å²) in [7, 11) is 0. The Morgan fingerprint density at radius 3 is 2.95 bits per heavy atom. The van der Waals surface area contributed by atoms with Gasteiger partial charge in [-0.3, -0.25) is 9.59 Å². The standard InChI is InChI=1S/C15H14O4/c16-11-2-3-12(15(17)18)13(8-11)9-1-4-14-10(7-9)5-6-19-14/h1,4,7-8,12H,2-3,5-6H2,(H,17,18). The van der Waals surface area contributed by atoms with Crippen molar-refractivity contribution in [3.8, 4) is 5.75 Å². The molecule has 1 N–H and O–H groups in total. The number of ketones is 1. The number of rotatable bonds is 2. The molecule has 2 aliphatic rings. The summed E-state index contributed by atoms with van der Waals surface area (Å²) in [4.78, 5) is 22.9. The van der Waals surface area contributed by atoms with E-state index in [0.29, 0.717) is 25.0 Å². The fraction of sp³-hybridized carbons (Fsp3) is 0.333. The average Bonchev–Trinajstić information content (AvgIpc) is 2.85. The topological polar surface area (TPSA) is 63.6 Å². The molecule has 0 aromatic heterocycles. The van der Waals surface area contributed by atoms with Crippen LogP contribution in [-0.4, -0.2) is 23.5 Å². The summed E-state index contributed by atoms with van der Waals surface area (Å²) in [5, 5.41) is 9.27. The second-order valence-electron chi connectivity index (χ2n) is 4.92. The molecule has 1 aromatic rings. The summed E-state index contributed by atoms with van der Waals surface area (Å²) in [6, 6.07) is 5.64. The molecule has 1 atom stereocenters. The Morgan fingerprint density at radius 1 is 1.32 bits per heavy atom. The maximum atomic E-state index is 11.6. The average molecular weight is 258 g/mol. The normalized spacial score (nSPS) is 21.6. The fourth-order valence-electron chi connectivity index (χ4n) is 2.70. The van der Waals surface area contributed by atoms with Crippen LogP contribution in [0.15, 0.2) is 24.3 Å². The van der Waals surface area contributed by atoms with E-state index in [1.54, 1.807) is 0 Å². The van der Waals surface area contributed by atoms with E-state index in [-0.39, 0.29) is 5.78 Å². The van der Waals surface area contributed by atoms with Gasteiger partial charge in [-0.15, -0.1) is 0 Å². The molecular weight excluding hydrogens is 244 g/mol. The van der Waals surface area contributed by atoms with Gasteiger partial charge in [0.2, 0.25) is 0 Å². The second-order valence-corrected chi connectivity index (χ2v) is 4.92. The summed E-state index contributed by atoms with van der Waals surface area (Å²) < 4.78 is 5.43. The maximum Gasteiger partial charge on any atom is 0.311 e. The van der Waals surface area contributed by atoms with Crippen LogP contribution < -0.4 is 4.74 Å². The number of fused-ring (bicyclic) bond motifs is 1. The molecule has 0 saturated carbocycles. The van der Waals surface area contributed by atoms with Crippen molar-refractivity contribution in [3.63, 3.8) is 0 Å². The first-order chi connectivity index (χ1) is 9.15. The maximum absolute atomic E-state index is 11.6. The number of carboxylic acids is 1. The number of hydrogen-bond acceptors (Lipinski definition) is 3. The third-order valence-electron chi connectivity index (χ3n) is 3.69. The van der Waals surface area contributed by atoms with E-state index in [9.17, 15) is 14.7 Å². The van der Waals surface area contributed by atoms with Crippen molar-refractivity contribution in [2.45, 2.75) is 19.3 Å². The van der Waals surface area contributed by atoms with Gasteiger partial charge < -0.3 is 9.84 Å². The zero-order chi connectivity index (χ0) is 13.4. The van der Waals surface area contributed by atoms with E-state index in [4.69, 9.17) is 4.74 Å². The number of allylic oxidation sites excluding steroid dienone is 1. The van der Waals surface area contributed by atoms with Crippen molar-refractivity contribution in [2.75, 3.05) is 6.61 Å². The van der Waals surface area contributed by atoms with Crippen molar-refractivity contribution in [1.29, 1.82) is 0 Å². The van der Waals surface area contributed by atoms with Gasteiger partial charge >= 0.3 is 5.97 Å². The summed E-state index contributed by atoms with van der Waals surface area (Å²) in [5.74, 6) is -0.587. The van der Waals surface area contributed by atoms with Crippen molar-refractivity contribution in [2.24, 2.45) is 5.92 Å². The number of carboxylic acid groups (broad SMARTS) is 1. The van der Waals surface area contributed by atoms with Gasteiger partial charge in [0.15, 0.2) is 5.78 Å². The van der Waals surface area contributed by atoms with Gasteiger partial charge in [0.05, 0.1) is 12.5 Å². The largest absolute Gasteiger partial charge is 0.493 e. The molecule has 1 aromatic carbocycles. The molecule has 98 valence electrons. The minimum absolute atomic E-state index is 0.00393. The smallest absolute Gasteiger partial charge is 0.311 e. The van der Waals surface area contributed by atoms with E-state index in [2.05, 4.69) is 0 Å². The lowest BCUT2D eigenvalue weighted by atomic mass is 9.83. The molecule has 19 heavy (non-hydrogen) atoms. The Kier molecular flexibility index (Phi) is 2.85. The molecule has 4 heteroatoms. The first-order valence-corrected chi connectivity index (χ1v) is 6.38. The van der Waals surface area contributed by atoms with Crippen LogP contribution in [0.5, 0.6) is 5.75 Å². The first kappa shape index (κ1) is 12.0. The molecule has 0 radical (unpaired) electrons. The van der Waals surface area contributed by atoms with E-state index in [0.717, 1.165) is 23.3 Å². The van der Waals surface area contributed by atoms with E-state index < -0.39 is 11.9 Å². The highest BCUT2D eigenvalue weighted by Gasteiger charge is 2.29. The van der Waals surface area contributed by atoms with Gasteiger partial charge in [0.25, 0.3) is 0 Å². The summed E-state index contributed by atoms with van der Waals surface area (Å²) in [6.07, 6.45) is 3.02. The van der Waals surface area contributed by atoms with E-state index in [1.165, 1.54) is 6.08 Å². The van der Waals surface area contributed by atoms with Gasteiger partial charge in [-0.2, -0.15) is 0 Å². The Labute approximate surface area is 110 Å². The van der Waals surface area contributed by atoms with Crippen molar-refractivity contribution < 1.29 is 19.4 Å². The highest BCUT2D eigenvalue weighted by atomic mass is 16.5. The van der Waals surface area contributed by atoms with Crippen LogP contribution >= 0.6 is 0 Å². The Bertz CT molecular complexity index is 586. The summed E-state index contributed by atoms with van der Waals surface area (Å²) in [6.45, 7) is 0.666. The summed E-state index contributed by atoms with van der Waals surface area (Å²) >= 11 is 0. The zero-order valence-corrected chi connectivity index (χ0v) is 10.4. The van der Waals surface area contributed by atoms with Crippen LogP contribution in [0, 0.1) is 5.92 Å². The van der Waals surface area contributed by atoms with Crippen LogP contribution in [0.1, 0.15) is 24.0 Å². The highest BCUT2D eigenvalue weighted by Crippen LogP contribution is 2.35. The predicted molar refractivity (Wildman–Crippen MR) is 69.0 cm³/mol. The Balaban J connectivity index is 2.03. The molecule has 0 fully saturated rings. The van der Waals surface area contributed by atoms with Crippen LogP contribution in [0.2, 0.25) is 0 Å². The number of carbonyl (C=O) groups excluding carboxylic acids is 1. The number of benzene rings is 1. The van der Waals surface area contributed by atoms with E-state index in [1.807, 2.05) is 18.2 Å². The van der Waals surface area contributed by atoms with Crippen LogP contribution in [0.25, 0.3) is 5.57 Å². The molecular formula is C15H14O4. The molecule has 0 spiro atoms. The van der Waals surface area contributed by atoms with Crippen LogP contribution in [0.4, 0.5) is 0 Å². The van der Waals surface area contributed by atoms with Gasteiger partial charge in [0, 0.05) is 12.8 Å². The second kappa shape index (κ2) is 4.53. The lowest BCUT2D eigenvalue weighted by Crippen LogP contribution is -2.21. The zero-order valence-electron chi connectivity index (χ0n) is 10.4. The third-order valence-corrected chi connectivity index (χ3v) is 3.69. The molecule has 1 aliphatic heterocycles. The van der Waals surface area contributed by atoms with Crippen molar-refractivity contribution >= 4 is 17.3 Å². The monoisotopic (exact) mass is 258 g/mol. The van der Waals surface area contributed by atoms with Gasteiger partial charge in [-0.1, -0.05) is 6.07 Å². The molecule has 0 amide bonds. The SMILES string of the molecule is O=C1C=C(c2ccc3c(c2)CCO3)C(C(=O)O)CC1. The molecule has 3 rings (SSSR count). The molecule has 1 heterocycles. The summed E-state index contributed by atoms with van der Waals surface area (Å²) in [5.41, 5.74) is 2.53. The lowest BCUT2D eigenvalue weighted by Gasteiger charge is -2.20. The molecule has 4 nitrogen and oxygen atoms in total. The van der Waals surface area contributed by atoms with Crippen LogP contribution in [0.3, 0.4) is 0 Å². The molecule has 0 saturated heterocycles. The van der Waals surface area contributed by atoms with Gasteiger partial charge in [-0.05, 0) is 41.3 Å². The Hall–Kier alpha value is -2.10. The number of carbonyl (C=O) groups is 2. The number of ether oxygens (including phenoxy) is 1. The molecule has 0 bridgehead atoms. The predicted octanol–water partition coefficient (Wildman–Crippen LogP) is 2.07. The lowest BCUT2D eigenvalue weighted by molar-refractivity contribution is -0.140. The fourth-order valence-corrected chi connectivity index (χ4v) is 2.70. The van der Waals surface area contributed by atoms with E-state index >= 15 is 0 Å². The van der Waals surface area contributed by atoms with Crippen molar-refractivity contribution in [1.82, 2.24) is 0 Å². The third kappa shape index (κ3) is 2.14. The number of hydrogen-bond donors (Lipinski definition) is 1. The molecule has 1 aliphatic carbocycles. The number of aliphatic carboxylic acids is 1. The van der Waals surface area contributed by atoms with Gasteiger partial charge in [0.1, 0.15) is 5.75 Å². The Morgan fingerprint density at radius 2 is 2.16 bits per heavy atom.